The fourth-order valence-electron chi connectivity index (χ4n) is 1.38. The molecule has 3 heteroatoms. The summed E-state index contributed by atoms with van der Waals surface area (Å²) in [6, 6.07) is 0. The molecule has 3 nitrogen and oxygen atoms in total. The number of aliphatic hydroxyl groups is 1. The maximum absolute atomic E-state index is 11.1. The predicted octanol–water partition coefficient (Wildman–Crippen LogP) is 1.41. The third-order valence-corrected chi connectivity index (χ3v) is 1.98. The first-order valence-electron chi connectivity index (χ1n) is 4.71. The van der Waals surface area contributed by atoms with Gasteiger partial charge < -0.3 is 9.84 Å². The number of aliphatic hydroxyl groups excluding tert-OH is 1. The summed E-state index contributed by atoms with van der Waals surface area (Å²) < 4.78 is 5.15. The van der Waals surface area contributed by atoms with Crippen LogP contribution in [-0.2, 0) is 9.53 Å². The number of carbonyl (C=O) groups is 1. The summed E-state index contributed by atoms with van der Waals surface area (Å²) in [6.07, 6.45) is 5.91. The standard InChI is InChI=1S/C10H16O3/c1-8(11)7-9-5-3-2-4-6-10(12)13-9/h2-3,8-9,11H,4-7H2,1H3/b3-2-. The zero-order chi connectivity index (χ0) is 9.68. The molecular weight excluding hydrogens is 168 g/mol. The van der Waals surface area contributed by atoms with Crippen LogP contribution >= 0.6 is 0 Å². The van der Waals surface area contributed by atoms with Crippen molar-refractivity contribution in [1.82, 2.24) is 0 Å². The van der Waals surface area contributed by atoms with E-state index in [2.05, 4.69) is 0 Å². The number of ether oxygens (including phenoxy) is 1. The molecule has 0 spiro atoms. The van der Waals surface area contributed by atoms with E-state index in [0.717, 1.165) is 12.8 Å². The zero-order valence-electron chi connectivity index (χ0n) is 7.90. The quantitative estimate of drug-likeness (QED) is 0.521. The van der Waals surface area contributed by atoms with E-state index in [1.54, 1.807) is 6.92 Å². The molecule has 0 amide bonds. The molecule has 0 saturated carbocycles. The molecule has 1 N–H and O–H groups in total. The van der Waals surface area contributed by atoms with Crippen LogP contribution in [0.2, 0.25) is 0 Å². The van der Waals surface area contributed by atoms with Crippen molar-refractivity contribution in [3.8, 4) is 0 Å². The van der Waals surface area contributed by atoms with Crippen LogP contribution in [0.5, 0.6) is 0 Å². The van der Waals surface area contributed by atoms with Gasteiger partial charge in [0.05, 0.1) is 6.10 Å². The van der Waals surface area contributed by atoms with Crippen molar-refractivity contribution >= 4 is 5.97 Å². The molecule has 0 aromatic carbocycles. The van der Waals surface area contributed by atoms with Gasteiger partial charge in [-0.3, -0.25) is 4.79 Å². The lowest BCUT2D eigenvalue weighted by Gasteiger charge is -2.19. The van der Waals surface area contributed by atoms with Gasteiger partial charge in [-0.25, -0.2) is 0 Å². The number of hydrogen-bond acceptors (Lipinski definition) is 3. The minimum absolute atomic E-state index is 0.149. The minimum atomic E-state index is -0.411. The van der Waals surface area contributed by atoms with E-state index in [1.807, 2.05) is 12.2 Å². The molecule has 0 aliphatic carbocycles. The van der Waals surface area contributed by atoms with Gasteiger partial charge in [0.2, 0.25) is 0 Å². The molecule has 0 bridgehead atoms. The first-order chi connectivity index (χ1) is 6.18. The van der Waals surface area contributed by atoms with Crippen LogP contribution in [-0.4, -0.2) is 23.3 Å². The smallest absolute Gasteiger partial charge is 0.306 e. The highest BCUT2D eigenvalue weighted by Gasteiger charge is 2.16. The van der Waals surface area contributed by atoms with Gasteiger partial charge in [-0.1, -0.05) is 12.2 Å². The second kappa shape index (κ2) is 5.02. The molecule has 1 aliphatic heterocycles. The molecule has 0 fully saturated rings. The van der Waals surface area contributed by atoms with Crippen molar-refractivity contribution in [3.63, 3.8) is 0 Å². The Morgan fingerprint density at radius 2 is 2.46 bits per heavy atom. The molecule has 0 aromatic heterocycles. The Kier molecular flexibility index (Phi) is 3.96. The van der Waals surface area contributed by atoms with E-state index >= 15 is 0 Å². The third-order valence-electron chi connectivity index (χ3n) is 1.98. The molecule has 13 heavy (non-hydrogen) atoms. The fraction of sp³-hybridized carbons (Fsp3) is 0.700. The van der Waals surface area contributed by atoms with Crippen molar-refractivity contribution < 1.29 is 14.6 Å². The van der Waals surface area contributed by atoms with Crippen LogP contribution in [0.25, 0.3) is 0 Å². The monoisotopic (exact) mass is 184 g/mol. The van der Waals surface area contributed by atoms with Crippen LogP contribution in [0, 0.1) is 0 Å². The van der Waals surface area contributed by atoms with E-state index in [0.29, 0.717) is 12.8 Å². The van der Waals surface area contributed by atoms with Gasteiger partial charge in [0.15, 0.2) is 0 Å². The predicted molar refractivity (Wildman–Crippen MR) is 49.2 cm³/mol. The summed E-state index contributed by atoms with van der Waals surface area (Å²) >= 11 is 0. The largest absolute Gasteiger partial charge is 0.462 e. The van der Waals surface area contributed by atoms with Crippen LogP contribution in [0.3, 0.4) is 0 Å². The lowest BCUT2D eigenvalue weighted by atomic mass is 10.1. The summed E-state index contributed by atoms with van der Waals surface area (Å²) in [4.78, 5) is 11.1. The van der Waals surface area contributed by atoms with Gasteiger partial charge in [-0.05, 0) is 13.3 Å². The molecular formula is C10H16O3. The van der Waals surface area contributed by atoms with E-state index in [9.17, 15) is 4.79 Å². The van der Waals surface area contributed by atoms with Crippen LogP contribution in [0.15, 0.2) is 12.2 Å². The maximum Gasteiger partial charge on any atom is 0.306 e. The van der Waals surface area contributed by atoms with Crippen molar-refractivity contribution in [1.29, 1.82) is 0 Å². The molecule has 1 rings (SSSR count). The first-order valence-corrected chi connectivity index (χ1v) is 4.71. The Balaban J connectivity index is 2.46. The zero-order valence-corrected chi connectivity index (χ0v) is 7.90. The first kappa shape index (κ1) is 10.3. The Hall–Kier alpha value is -0.830. The highest BCUT2D eigenvalue weighted by Crippen LogP contribution is 2.13. The topological polar surface area (TPSA) is 46.5 Å². The summed E-state index contributed by atoms with van der Waals surface area (Å²) in [5, 5.41) is 9.14. The van der Waals surface area contributed by atoms with E-state index < -0.39 is 6.10 Å². The number of cyclic esters (lactones) is 1. The molecule has 1 aliphatic rings. The average Bonchev–Trinajstić information content (AvgIpc) is 1.98. The number of hydrogen-bond donors (Lipinski definition) is 1. The van der Waals surface area contributed by atoms with Crippen molar-refractivity contribution in [3.05, 3.63) is 12.2 Å². The minimum Gasteiger partial charge on any atom is -0.462 e. The normalized spacial score (nSPS) is 28.5. The van der Waals surface area contributed by atoms with Crippen molar-refractivity contribution in [2.24, 2.45) is 0 Å². The van der Waals surface area contributed by atoms with E-state index in [4.69, 9.17) is 9.84 Å². The second-order valence-electron chi connectivity index (χ2n) is 3.44. The molecule has 2 unspecified atom stereocenters. The molecule has 1 heterocycles. The number of rotatable bonds is 2. The molecule has 74 valence electrons. The number of carbonyl (C=O) groups excluding carboxylic acids is 1. The number of allylic oxidation sites excluding steroid dienone is 1. The lowest BCUT2D eigenvalue weighted by Crippen LogP contribution is -2.22. The van der Waals surface area contributed by atoms with Gasteiger partial charge in [0, 0.05) is 19.3 Å². The van der Waals surface area contributed by atoms with E-state index in [1.165, 1.54) is 0 Å². The molecule has 0 radical (unpaired) electrons. The van der Waals surface area contributed by atoms with Crippen molar-refractivity contribution in [2.75, 3.05) is 0 Å². The maximum atomic E-state index is 11.1. The molecule has 0 saturated heterocycles. The Bertz CT molecular complexity index is 196. The molecule has 0 aromatic rings. The summed E-state index contributed by atoms with van der Waals surface area (Å²) in [5.74, 6) is -0.157. The summed E-state index contributed by atoms with van der Waals surface area (Å²) in [5.41, 5.74) is 0. The number of esters is 1. The van der Waals surface area contributed by atoms with Gasteiger partial charge in [-0.15, -0.1) is 0 Å². The van der Waals surface area contributed by atoms with Gasteiger partial charge >= 0.3 is 5.97 Å². The van der Waals surface area contributed by atoms with Crippen LogP contribution in [0.1, 0.15) is 32.6 Å². The van der Waals surface area contributed by atoms with Gasteiger partial charge in [0.1, 0.15) is 6.10 Å². The van der Waals surface area contributed by atoms with Crippen LogP contribution in [0.4, 0.5) is 0 Å². The van der Waals surface area contributed by atoms with Crippen molar-refractivity contribution in [2.45, 2.75) is 44.8 Å². The lowest BCUT2D eigenvalue weighted by molar-refractivity contribution is -0.150. The summed E-state index contributed by atoms with van der Waals surface area (Å²) in [6.45, 7) is 1.70. The fourth-order valence-corrected chi connectivity index (χ4v) is 1.38. The van der Waals surface area contributed by atoms with E-state index in [-0.39, 0.29) is 12.1 Å². The van der Waals surface area contributed by atoms with Crippen LogP contribution < -0.4 is 0 Å². The Labute approximate surface area is 78.4 Å². The third kappa shape index (κ3) is 4.08. The van der Waals surface area contributed by atoms with Gasteiger partial charge in [0.25, 0.3) is 0 Å². The highest BCUT2D eigenvalue weighted by molar-refractivity contribution is 5.69. The average molecular weight is 184 g/mol. The highest BCUT2D eigenvalue weighted by atomic mass is 16.5. The SMILES string of the molecule is CC(O)CC1C/C=C\CCC(=O)O1. The summed E-state index contributed by atoms with van der Waals surface area (Å²) in [7, 11) is 0. The van der Waals surface area contributed by atoms with Gasteiger partial charge in [-0.2, -0.15) is 0 Å². The Morgan fingerprint density at radius 3 is 3.15 bits per heavy atom. The Morgan fingerprint density at radius 1 is 1.69 bits per heavy atom. The second-order valence-corrected chi connectivity index (χ2v) is 3.44. The molecule has 2 atom stereocenters.